The van der Waals surface area contributed by atoms with Crippen LogP contribution in [0.15, 0.2) is 60.8 Å². The molecule has 216 valence electrons. The van der Waals surface area contributed by atoms with Crippen molar-refractivity contribution in [3.63, 3.8) is 0 Å². The Hall–Kier alpha value is -3.66. The second-order valence-electron chi connectivity index (χ2n) is 10.5. The zero-order valence-corrected chi connectivity index (χ0v) is 24.0. The minimum absolute atomic E-state index is 0.0999. The van der Waals surface area contributed by atoms with Gasteiger partial charge in [-0.3, -0.25) is 4.79 Å². The van der Waals surface area contributed by atoms with E-state index in [9.17, 15) is 9.59 Å². The van der Waals surface area contributed by atoms with Crippen LogP contribution in [0.25, 0.3) is 11.1 Å². The summed E-state index contributed by atoms with van der Waals surface area (Å²) in [5.41, 5.74) is 11.1. The fourth-order valence-corrected chi connectivity index (χ4v) is 5.63. The number of nitrogens with two attached hydrogens (primary N) is 1. The van der Waals surface area contributed by atoms with Crippen molar-refractivity contribution in [1.29, 1.82) is 0 Å². The van der Waals surface area contributed by atoms with Gasteiger partial charge in [-0.1, -0.05) is 35.9 Å². The van der Waals surface area contributed by atoms with E-state index in [2.05, 4.69) is 27.3 Å². The van der Waals surface area contributed by atoms with E-state index in [1.807, 2.05) is 35.2 Å². The summed E-state index contributed by atoms with van der Waals surface area (Å²) in [6, 6.07) is 17.8. The number of methoxy groups -OCH3 is 1. The fourth-order valence-electron chi connectivity index (χ4n) is 5.52. The molecular formula is C31H36ClN5O4. The predicted molar refractivity (Wildman–Crippen MR) is 160 cm³/mol. The van der Waals surface area contributed by atoms with Crippen LogP contribution in [-0.4, -0.2) is 67.4 Å². The number of halogens is 1. The van der Waals surface area contributed by atoms with Gasteiger partial charge in [0.2, 0.25) is 0 Å². The first-order valence-corrected chi connectivity index (χ1v) is 14.4. The summed E-state index contributed by atoms with van der Waals surface area (Å²) in [4.78, 5) is 34.0. The second-order valence-corrected chi connectivity index (χ2v) is 10.9. The number of morpholine rings is 1. The molecule has 1 saturated carbocycles. The first-order chi connectivity index (χ1) is 19.9. The number of carbonyl (C=O) groups excluding carboxylic acids is 2. The van der Waals surface area contributed by atoms with E-state index in [1.54, 1.807) is 12.1 Å². The molecule has 2 heterocycles. The van der Waals surface area contributed by atoms with Crippen molar-refractivity contribution >= 4 is 35.0 Å². The van der Waals surface area contributed by atoms with Crippen LogP contribution in [0.1, 0.15) is 41.6 Å². The van der Waals surface area contributed by atoms with Gasteiger partial charge in [-0.25, -0.2) is 9.78 Å². The predicted octanol–water partition coefficient (Wildman–Crippen LogP) is 5.33. The summed E-state index contributed by atoms with van der Waals surface area (Å²) in [5, 5.41) is 3.41. The molecule has 9 nitrogen and oxygen atoms in total. The number of anilines is 2. The van der Waals surface area contributed by atoms with Crippen LogP contribution in [0.5, 0.6) is 0 Å². The molecule has 0 bridgehead atoms. The summed E-state index contributed by atoms with van der Waals surface area (Å²) in [6.45, 7) is 3.16. The van der Waals surface area contributed by atoms with Gasteiger partial charge in [-0.2, -0.15) is 0 Å². The highest BCUT2D eigenvalue weighted by Gasteiger charge is 2.28. The summed E-state index contributed by atoms with van der Waals surface area (Å²) in [6.07, 6.45) is 4.66. The first kappa shape index (κ1) is 28.9. The largest absolute Gasteiger partial charge is 0.453 e. The third-order valence-electron chi connectivity index (χ3n) is 7.79. The minimum Gasteiger partial charge on any atom is -0.453 e. The van der Waals surface area contributed by atoms with E-state index >= 15 is 0 Å². The zero-order valence-electron chi connectivity index (χ0n) is 23.2. The van der Waals surface area contributed by atoms with Gasteiger partial charge in [0.05, 0.1) is 37.3 Å². The molecule has 1 aromatic heterocycles. The number of hydrogen-bond acceptors (Lipinski definition) is 7. The highest BCUT2D eigenvalue weighted by Crippen LogP contribution is 2.33. The average molecular weight is 578 g/mol. The summed E-state index contributed by atoms with van der Waals surface area (Å²) >= 11 is 5.92. The lowest BCUT2D eigenvalue weighted by Crippen LogP contribution is -2.43. The molecule has 5 rings (SSSR count). The number of nitrogens with one attached hydrogen (secondary N) is 1. The van der Waals surface area contributed by atoms with Crippen LogP contribution in [0, 0.1) is 0 Å². The van der Waals surface area contributed by atoms with Gasteiger partial charge in [0, 0.05) is 37.9 Å². The van der Waals surface area contributed by atoms with Crippen molar-refractivity contribution in [1.82, 2.24) is 9.88 Å². The van der Waals surface area contributed by atoms with Gasteiger partial charge in [-0.15, -0.1) is 0 Å². The lowest BCUT2D eigenvalue weighted by molar-refractivity contribution is 0.0879. The Kier molecular flexibility index (Phi) is 9.38. The molecule has 1 aliphatic heterocycles. The van der Waals surface area contributed by atoms with Gasteiger partial charge in [0.25, 0.3) is 5.91 Å². The molecule has 2 aromatic carbocycles. The van der Waals surface area contributed by atoms with Crippen molar-refractivity contribution in [3.05, 3.63) is 77.1 Å². The number of nitrogens with zero attached hydrogens (tertiary/aromatic N) is 3. The molecule has 2 amide bonds. The number of rotatable bonds is 7. The Bertz CT molecular complexity index is 1350. The van der Waals surface area contributed by atoms with Crippen molar-refractivity contribution in [3.8, 4) is 11.1 Å². The quantitative estimate of drug-likeness (QED) is 0.365. The van der Waals surface area contributed by atoms with Crippen LogP contribution in [-0.2, 0) is 16.0 Å². The highest BCUT2D eigenvalue weighted by atomic mass is 35.5. The molecule has 2 fully saturated rings. The molecule has 41 heavy (non-hydrogen) atoms. The van der Waals surface area contributed by atoms with Crippen LogP contribution in [0.3, 0.4) is 0 Å². The summed E-state index contributed by atoms with van der Waals surface area (Å²) < 4.78 is 10.7. The SMILES string of the molecule is COC(=O)N(Cc1cccc(-c2ccc(N3CCOCC3)c(NC(=O)c3ccc(Cl)nc3)c2)c1)C1CCC(N)CC1. The van der Waals surface area contributed by atoms with Crippen molar-refractivity contribution in [2.45, 2.75) is 44.3 Å². The van der Waals surface area contributed by atoms with Gasteiger partial charge in [0.15, 0.2) is 0 Å². The van der Waals surface area contributed by atoms with Gasteiger partial charge < -0.3 is 30.3 Å². The monoisotopic (exact) mass is 577 g/mol. The van der Waals surface area contributed by atoms with Crippen molar-refractivity contribution < 1.29 is 19.1 Å². The Morgan fingerprint density at radius 2 is 1.83 bits per heavy atom. The van der Waals surface area contributed by atoms with Crippen LogP contribution >= 0.6 is 11.6 Å². The van der Waals surface area contributed by atoms with E-state index in [0.29, 0.717) is 36.2 Å². The minimum atomic E-state index is -0.326. The normalized spacial score (nSPS) is 19.0. The maximum atomic E-state index is 13.2. The maximum Gasteiger partial charge on any atom is 0.410 e. The second kappa shape index (κ2) is 13.3. The number of benzene rings is 2. The van der Waals surface area contributed by atoms with Crippen molar-refractivity contribution in [2.75, 3.05) is 43.6 Å². The van der Waals surface area contributed by atoms with Gasteiger partial charge in [0.1, 0.15) is 5.15 Å². The van der Waals surface area contributed by atoms with Crippen LogP contribution in [0.2, 0.25) is 5.15 Å². The molecule has 10 heteroatoms. The third-order valence-corrected chi connectivity index (χ3v) is 8.01. The molecule has 0 unspecified atom stereocenters. The number of amides is 2. The molecule has 0 spiro atoms. The Labute approximate surface area is 245 Å². The van der Waals surface area contributed by atoms with E-state index < -0.39 is 0 Å². The van der Waals surface area contributed by atoms with E-state index in [-0.39, 0.29) is 24.1 Å². The summed E-state index contributed by atoms with van der Waals surface area (Å²) in [7, 11) is 1.42. The molecule has 3 N–H and O–H groups in total. The van der Waals surface area contributed by atoms with E-state index in [1.165, 1.54) is 13.3 Å². The van der Waals surface area contributed by atoms with Crippen LogP contribution < -0.4 is 16.0 Å². The first-order valence-electron chi connectivity index (χ1n) is 14.0. The smallest absolute Gasteiger partial charge is 0.410 e. The van der Waals surface area contributed by atoms with Gasteiger partial charge in [-0.05, 0) is 72.7 Å². The number of pyridine rings is 1. The van der Waals surface area contributed by atoms with E-state index in [0.717, 1.165) is 61.2 Å². The topological polar surface area (TPSA) is 110 Å². The average Bonchev–Trinajstić information content (AvgIpc) is 3.01. The maximum absolute atomic E-state index is 13.2. The molecule has 0 atom stereocenters. The standard InChI is InChI=1S/C31H36ClN5O4/c1-40-31(39)37(26-9-7-25(33)8-10-26)20-21-3-2-4-22(17-21)23-5-11-28(36-13-15-41-16-14-36)27(18-23)35-30(38)24-6-12-29(32)34-19-24/h2-6,11-12,17-19,25-26H,7-10,13-16,20,33H2,1H3,(H,35,38). The van der Waals surface area contributed by atoms with Gasteiger partial charge >= 0.3 is 6.09 Å². The molecule has 2 aliphatic rings. The Morgan fingerprint density at radius 3 is 2.54 bits per heavy atom. The molecule has 1 saturated heterocycles. The Morgan fingerprint density at radius 1 is 1.07 bits per heavy atom. The highest BCUT2D eigenvalue weighted by molar-refractivity contribution is 6.29. The third kappa shape index (κ3) is 7.16. The molecule has 0 radical (unpaired) electrons. The van der Waals surface area contributed by atoms with E-state index in [4.69, 9.17) is 26.8 Å². The zero-order chi connectivity index (χ0) is 28.8. The lowest BCUT2D eigenvalue weighted by Gasteiger charge is -2.35. The molecule has 3 aromatic rings. The summed E-state index contributed by atoms with van der Waals surface area (Å²) in [5.74, 6) is -0.268. The van der Waals surface area contributed by atoms with Crippen molar-refractivity contribution in [2.24, 2.45) is 5.73 Å². The molecule has 1 aliphatic carbocycles. The fraction of sp³-hybridized carbons (Fsp3) is 0.387. The van der Waals surface area contributed by atoms with Crippen LogP contribution in [0.4, 0.5) is 16.2 Å². The number of hydrogen-bond donors (Lipinski definition) is 2. The number of aromatic nitrogens is 1. The number of ether oxygens (including phenoxy) is 2. The Balaban J connectivity index is 1.42. The number of carbonyl (C=O) groups is 2. The lowest BCUT2D eigenvalue weighted by atomic mass is 9.90. The molecular weight excluding hydrogens is 542 g/mol.